The molecule has 2 aromatic heterocycles. The summed E-state index contributed by atoms with van der Waals surface area (Å²) in [5.41, 5.74) is 2.87. The maximum absolute atomic E-state index is 12.8. The number of halogens is 1. The summed E-state index contributed by atoms with van der Waals surface area (Å²) in [5.74, 6) is -0.508. The van der Waals surface area contributed by atoms with Gasteiger partial charge >= 0.3 is 5.97 Å². The van der Waals surface area contributed by atoms with Crippen LogP contribution in [-0.4, -0.2) is 42.3 Å². The van der Waals surface area contributed by atoms with Gasteiger partial charge in [-0.2, -0.15) is 0 Å². The number of benzene rings is 1. The van der Waals surface area contributed by atoms with Crippen LogP contribution in [0.1, 0.15) is 36.3 Å². The average molecular weight is 473 g/mol. The predicted molar refractivity (Wildman–Crippen MR) is 130 cm³/mol. The number of pyridine rings is 1. The Kier molecular flexibility index (Phi) is 8.30. The summed E-state index contributed by atoms with van der Waals surface area (Å²) in [4.78, 5) is 29.8. The van der Waals surface area contributed by atoms with Crippen molar-refractivity contribution in [3.63, 3.8) is 0 Å². The van der Waals surface area contributed by atoms with Crippen LogP contribution in [0.5, 0.6) is 0 Å². The van der Waals surface area contributed by atoms with Crippen molar-refractivity contribution in [2.75, 3.05) is 31.5 Å². The summed E-state index contributed by atoms with van der Waals surface area (Å²) in [6.45, 7) is 5.12. The number of carbonyl (C=O) groups excluding carboxylic acids is 2. The quantitative estimate of drug-likeness (QED) is 0.414. The molecule has 2 N–H and O–H groups in total. The van der Waals surface area contributed by atoms with E-state index >= 15 is 0 Å². The van der Waals surface area contributed by atoms with Crippen LogP contribution in [0.25, 0.3) is 11.0 Å². The van der Waals surface area contributed by atoms with E-state index in [-0.39, 0.29) is 18.2 Å². The van der Waals surface area contributed by atoms with E-state index in [1.54, 1.807) is 10.8 Å². The first-order valence-corrected chi connectivity index (χ1v) is 11.1. The Hall–Kier alpha value is -3.10. The number of aryl methyl sites for hydroxylation is 1. The summed E-state index contributed by atoms with van der Waals surface area (Å²) >= 11 is 6.26. The van der Waals surface area contributed by atoms with Gasteiger partial charge in [-0.25, -0.2) is 9.78 Å². The molecule has 0 saturated carbocycles. The van der Waals surface area contributed by atoms with E-state index in [1.165, 1.54) is 14.2 Å². The second-order valence-electron chi connectivity index (χ2n) is 8.07. The van der Waals surface area contributed by atoms with Crippen LogP contribution < -0.4 is 10.6 Å². The van der Waals surface area contributed by atoms with Crippen LogP contribution in [0.4, 0.5) is 11.4 Å². The van der Waals surface area contributed by atoms with Gasteiger partial charge in [-0.05, 0) is 30.0 Å². The molecule has 0 aliphatic carbocycles. The molecule has 9 heteroatoms. The fourth-order valence-corrected chi connectivity index (χ4v) is 3.71. The number of carbonyl (C=O) groups is 2. The minimum Gasteiger partial charge on any atom is -0.464 e. The van der Waals surface area contributed by atoms with Gasteiger partial charge < -0.3 is 24.7 Å². The van der Waals surface area contributed by atoms with E-state index in [0.717, 1.165) is 17.7 Å². The second-order valence-corrected chi connectivity index (χ2v) is 8.48. The Labute approximate surface area is 198 Å². The highest BCUT2D eigenvalue weighted by Gasteiger charge is 2.26. The Morgan fingerprint density at radius 1 is 1.21 bits per heavy atom. The van der Waals surface area contributed by atoms with Gasteiger partial charge in [0.05, 0.1) is 24.7 Å². The predicted octanol–water partition coefficient (Wildman–Crippen LogP) is 4.72. The van der Waals surface area contributed by atoms with Crippen molar-refractivity contribution in [3.05, 3.63) is 52.8 Å². The van der Waals surface area contributed by atoms with Crippen molar-refractivity contribution in [1.82, 2.24) is 9.55 Å². The average Bonchev–Trinajstić information content (AvgIpc) is 3.09. The number of rotatable bonds is 10. The highest BCUT2D eigenvalue weighted by Crippen LogP contribution is 2.33. The molecule has 0 unspecified atom stereocenters. The van der Waals surface area contributed by atoms with Crippen LogP contribution in [-0.2, 0) is 27.4 Å². The Bertz CT molecular complexity index is 1140. The minimum absolute atomic E-state index is 0.142. The smallest absolute Gasteiger partial charge is 0.356 e. The minimum atomic E-state index is -0.546. The van der Waals surface area contributed by atoms with Gasteiger partial charge in [0.1, 0.15) is 12.3 Å². The van der Waals surface area contributed by atoms with E-state index < -0.39 is 5.97 Å². The summed E-state index contributed by atoms with van der Waals surface area (Å²) in [5, 5.41) is 7.42. The molecule has 0 aliphatic heterocycles. The zero-order valence-electron chi connectivity index (χ0n) is 19.3. The number of nitrogens with zero attached hydrogens (tertiary/aromatic N) is 2. The third kappa shape index (κ3) is 5.83. The summed E-state index contributed by atoms with van der Waals surface area (Å²) in [6.07, 6.45) is 2.53. The first-order chi connectivity index (χ1) is 15.8. The number of anilines is 2. The van der Waals surface area contributed by atoms with Crippen molar-refractivity contribution >= 4 is 45.9 Å². The molecule has 0 aliphatic rings. The van der Waals surface area contributed by atoms with Crippen molar-refractivity contribution in [2.45, 2.75) is 33.4 Å². The van der Waals surface area contributed by atoms with Crippen molar-refractivity contribution < 1.29 is 19.1 Å². The maximum Gasteiger partial charge on any atom is 0.356 e. The Morgan fingerprint density at radius 2 is 1.97 bits per heavy atom. The lowest BCUT2D eigenvalue weighted by atomic mass is 10.1. The van der Waals surface area contributed by atoms with Gasteiger partial charge in [-0.1, -0.05) is 43.6 Å². The molecule has 176 valence electrons. The molecule has 0 atom stereocenters. The van der Waals surface area contributed by atoms with Crippen LogP contribution >= 0.6 is 11.6 Å². The molecular weight excluding hydrogens is 444 g/mol. The van der Waals surface area contributed by atoms with E-state index in [2.05, 4.69) is 29.5 Å². The Balaban J connectivity index is 2.07. The fourth-order valence-electron chi connectivity index (χ4n) is 3.51. The molecule has 3 rings (SSSR count). The lowest BCUT2D eigenvalue weighted by Gasteiger charge is -2.12. The fraction of sp³-hybridized carbons (Fsp3) is 0.375. The number of ether oxygens (including phenoxy) is 2. The van der Waals surface area contributed by atoms with E-state index in [0.29, 0.717) is 40.8 Å². The monoisotopic (exact) mass is 472 g/mol. The first-order valence-electron chi connectivity index (χ1n) is 10.7. The standard InChI is InChI=1S/C24H29ClN4O4/c1-15(2)9-10-29-22(24(31)33-4)21(28-20(30)14-32-3)18-11-17(13-27-23(18)29)26-12-16-7-5-6-8-19(16)25/h5-8,11,13,15,26H,9-10,12,14H2,1-4H3,(H,28,30). The molecule has 8 nitrogen and oxygen atoms in total. The van der Waals surface area contributed by atoms with Gasteiger partial charge in [0.25, 0.3) is 0 Å². The SMILES string of the molecule is COCC(=O)Nc1c(C(=O)OC)n(CCC(C)C)c2ncc(NCc3ccccc3Cl)cc12. The molecule has 0 spiro atoms. The van der Waals surface area contributed by atoms with Crippen LogP contribution in [0.15, 0.2) is 36.5 Å². The lowest BCUT2D eigenvalue weighted by molar-refractivity contribution is -0.119. The van der Waals surface area contributed by atoms with Crippen molar-refractivity contribution in [1.29, 1.82) is 0 Å². The van der Waals surface area contributed by atoms with Crippen LogP contribution in [0.3, 0.4) is 0 Å². The molecular formula is C24H29ClN4O4. The number of aromatic nitrogens is 2. The first kappa shape index (κ1) is 24.5. The number of fused-ring (bicyclic) bond motifs is 1. The van der Waals surface area contributed by atoms with Gasteiger partial charge in [0, 0.05) is 30.6 Å². The van der Waals surface area contributed by atoms with Crippen LogP contribution in [0.2, 0.25) is 5.02 Å². The zero-order valence-corrected chi connectivity index (χ0v) is 20.0. The number of hydrogen-bond donors (Lipinski definition) is 2. The summed E-state index contributed by atoms with van der Waals surface area (Å²) in [6, 6.07) is 9.43. The van der Waals surface area contributed by atoms with E-state index in [4.69, 9.17) is 21.1 Å². The van der Waals surface area contributed by atoms with Crippen LogP contribution in [0, 0.1) is 5.92 Å². The third-order valence-corrected chi connectivity index (χ3v) is 5.56. The molecule has 1 aromatic carbocycles. The van der Waals surface area contributed by atoms with E-state index in [9.17, 15) is 9.59 Å². The molecule has 0 bridgehead atoms. The maximum atomic E-state index is 12.8. The van der Waals surface area contributed by atoms with E-state index in [1.807, 2.05) is 30.3 Å². The molecule has 1 amide bonds. The Morgan fingerprint density at radius 3 is 2.64 bits per heavy atom. The molecule has 0 fully saturated rings. The lowest BCUT2D eigenvalue weighted by Crippen LogP contribution is -2.20. The molecule has 33 heavy (non-hydrogen) atoms. The van der Waals surface area contributed by atoms with Gasteiger partial charge in [0.15, 0.2) is 5.69 Å². The zero-order chi connectivity index (χ0) is 24.0. The summed E-state index contributed by atoms with van der Waals surface area (Å²) < 4.78 is 11.8. The normalized spacial score (nSPS) is 11.1. The van der Waals surface area contributed by atoms with Crippen molar-refractivity contribution in [2.24, 2.45) is 5.92 Å². The highest BCUT2D eigenvalue weighted by molar-refractivity contribution is 6.31. The number of amides is 1. The largest absolute Gasteiger partial charge is 0.464 e. The molecule has 2 heterocycles. The highest BCUT2D eigenvalue weighted by atomic mass is 35.5. The number of methoxy groups -OCH3 is 2. The van der Waals surface area contributed by atoms with Gasteiger partial charge in [0.2, 0.25) is 5.91 Å². The third-order valence-electron chi connectivity index (χ3n) is 5.19. The van der Waals surface area contributed by atoms with Crippen molar-refractivity contribution in [3.8, 4) is 0 Å². The number of hydrogen-bond acceptors (Lipinski definition) is 6. The molecule has 0 radical (unpaired) electrons. The number of esters is 1. The second kappa shape index (κ2) is 11.2. The van der Waals surface area contributed by atoms with Gasteiger partial charge in [-0.15, -0.1) is 0 Å². The topological polar surface area (TPSA) is 94.5 Å². The molecule has 0 saturated heterocycles. The summed E-state index contributed by atoms with van der Waals surface area (Å²) in [7, 11) is 2.75. The molecule has 3 aromatic rings. The number of nitrogens with one attached hydrogen (secondary N) is 2. The van der Waals surface area contributed by atoms with Gasteiger partial charge in [-0.3, -0.25) is 4.79 Å².